The number of nitrogens with one attached hydrogen (secondary N) is 2. The highest BCUT2D eigenvalue weighted by Gasteiger charge is 2.45. The zero-order chi connectivity index (χ0) is 13.8. The van der Waals surface area contributed by atoms with E-state index in [4.69, 9.17) is 11.5 Å². The standard InChI is InChI=1S/C13H20N2O3/c1-4-5-10(11(16)17)15-12(18)14-8-13(6-7-13)9(2)3/h1,9-10H,5-8H2,2-3H3,(H,16,17)(H2,14,15,18). The first-order chi connectivity index (χ1) is 8.41. The van der Waals surface area contributed by atoms with Gasteiger partial charge in [0, 0.05) is 13.0 Å². The summed E-state index contributed by atoms with van der Waals surface area (Å²) in [5.41, 5.74) is 0.197. The van der Waals surface area contributed by atoms with Gasteiger partial charge in [-0.05, 0) is 24.2 Å². The highest BCUT2D eigenvalue weighted by atomic mass is 16.4. The summed E-state index contributed by atoms with van der Waals surface area (Å²) in [7, 11) is 0. The molecule has 0 aromatic rings. The smallest absolute Gasteiger partial charge is 0.327 e. The summed E-state index contributed by atoms with van der Waals surface area (Å²) in [6.45, 7) is 4.84. The van der Waals surface area contributed by atoms with Crippen LogP contribution in [0.5, 0.6) is 0 Å². The minimum Gasteiger partial charge on any atom is -0.480 e. The van der Waals surface area contributed by atoms with Crippen LogP contribution in [0.15, 0.2) is 0 Å². The predicted octanol–water partition coefficient (Wildman–Crippen LogP) is 1.20. The van der Waals surface area contributed by atoms with Gasteiger partial charge in [0.1, 0.15) is 6.04 Å². The van der Waals surface area contributed by atoms with Gasteiger partial charge in [0.25, 0.3) is 0 Å². The number of hydrogen-bond acceptors (Lipinski definition) is 2. The van der Waals surface area contributed by atoms with Crippen LogP contribution < -0.4 is 10.6 Å². The number of aliphatic carboxylic acids is 1. The van der Waals surface area contributed by atoms with Crippen LogP contribution in [0.25, 0.3) is 0 Å². The Balaban J connectivity index is 2.37. The largest absolute Gasteiger partial charge is 0.480 e. The number of carbonyl (C=O) groups is 2. The molecule has 3 N–H and O–H groups in total. The van der Waals surface area contributed by atoms with Crippen molar-refractivity contribution in [3.8, 4) is 12.3 Å². The molecule has 1 fully saturated rings. The van der Waals surface area contributed by atoms with Crippen molar-refractivity contribution >= 4 is 12.0 Å². The maximum atomic E-state index is 11.6. The minimum atomic E-state index is -1.12. The van der Waals surface area contributed by atoms with Gasteiger partial charge in [-0.25, -0.2) is 9.59 Å². The van der Waals surface area contributed by atoms with E-state index in [2.05, 4.69) is 30.4 Å². The third-order valence-electron chi connectivity index (χ3n) is 3.64. The van der Waals surface area contributed by atoms with Crippen LogP contribution in [-0.4, -0.2) is 29.7 Å². The highest BCUT2D eigenvalue weighted by molar-refractivity contribution is 5.82. The Morgan fingerprint density at radius 2 is 2.06 bits per heavy atom. The van der Waals surface area contributed by atoms with E-state index < -0.39 is 18.0 Å². The Morgan fingerprint density at radius 1 is 1.44 bits per heavy atom. The zero-order valence-corrected chi connectivity index (χ0v) is 10.8. The van der Waals surface area contributed by atoms with Crippen molar-refractivity contribution in [3.05, 3.63) is 0 Å². The first-order valence-corrected chi connectivity index (χ1v) is 6.12. The van der Waals surface area contributed by atoms with E-state index >= 15 is 0 Å². The fourth-order valence-corrected chi connectivity index (χ4v) is 1.90. The van der Waals surface area contributed by atoms with Gasteiger partial charge in [0.2, 0.25) is 0 Å². The fourth-order valence-electron chi connectivity index (χ4n) is 1.90. The van der Waals surface area contributed by atoms with Crippen molar-refractivity contribution in [3.63, 3.8) is 0 Å². The van der Waals surface area contributed by atoms with E-state index in [1.807, 2.05) is 0 Å². The second-order valence-electron chi connectivity index (χ2n) is 5.14. The molecule has 1 rings (SSSR count). The molecule has 0 radical (unpaired) electrons. The molecule has 1 unspecified atom stereocenters. The quantitative estimate of drug-likeness (QED) is 0.621. The topological polar surface area (TPSA) is 78.4 Å². The average Bonchev–Trinajstić information content (AvgIpc) is 3.06. The minimum absolute atomic E-state index is 0.0158. The zero-order valence-electron chi connectivity index (χ0n) is 10.8. The van der Waals surface area contributed by atoms with Gasteiger partial charge in [-0.15, -0.1) is 12.3 Å². The molecule has 1 saturated carbocycles. The maximum Gasteiger partial charge on any atom is 0.327 e. The van der Waals surface area contributed by atoms with Gasteiger partial charge in [0.15, 0.2) is 0 Å². The Kier molecular flexibility index (Phi) is 4.60. The van der Waals surface area contributed by atoms with Crippen LogP contribution in [0.3, 0.4) is 0 Å². The summed E-state index contributed by atoms with van der Waals surface area (Å²) in [6.07, 6.45) is 7.25. The van der Waals surface area contributed by atoms with E-state index in [-0.39, 0.29) is 11.8 Å². The predicted molar refractivity (Wildman–Crippen MR) is 67.9 cm³/mol. The molecule has 0 aromatic carbocycles. The summed E-state index contributed by atoms with van der Waals surface area (Å²) in [4.78, 5) is 22.4. The SMILES string of the molecule is C#CCC(NC(=O)NCC1(C(C)C)CC1)C(=O)O. The van der Waals surface area contributed by atoms with Crippen molar-refractivity contribution in [2.75, 3.05) is 6.54 Å². The number of carbonyl (C=O) groups excluding carboxylic acids is 1. The van der Waals surface area contributed by atoms with Crippen LogP contribution in [0.1, 0.15) is 33.1 Å². The number of terminal acetylenes is 1. The van der Waals surface area contributed by atoms with Crippen molar-refractivity contribution in [2.45, 2.75) is 39.2 Å². The molecule has 5 heteroatoms. The van der Waals surface area contributed by atoms with E-state index in [1.54, 1.807) is 0 Å². The van der Waals surface area contributed by atoms with Gasteiger partial charge < -0.3 is 15.7 Å². The number of carboxylic acids is 1. The third-order valence-corrected chi connectivity index (χ3v) is 3.64. The van der Waals surface area contributed by atoms with Crippen LogP contribution >= 0.6 is 0 Å². The summed E-state index contributed by atoms with van der Waals surface area (Å²) in [5.74, 6) is 1.63. The van der Waals surface area contributed by atoms with E-state index in [1.165, 1.54) is 0 Å². The molecule has 1 aliphatic carbocycles. The molecular formula is C13H20N2O3. The molecule has 100 valence electrons. The highest BCUT2D eigenvalue weighted by Crippen LogP contribution is 2.51. The lowest BCUT2D eigenvalue weighted by atomic mass is 9.92. The van der Waals surface area contributed by atoms with E-state index in [0.717, 1.165) is 12.8 Å². The summed E-state index contributed by atoms with van der Waals surface area (Å²) in [5, 5.41) is 13.9. The van der Waals surface area contributed by atoms with Gasteiger partial charge in [0.05, 0.1) is 0 Å². The second kappa shape index (κ2) is 5.76. The normalized spacial score (nSPS) is 17.7. The molecule has 0 aliphatic heterocycles. The number of rotatable bonds is 6. The molecule has 0 saturated heterocycles. The van der Waals surface area contributed by atoms with Gasteiger partial charge in [-0.2, -0.15) is 0 Å². The molecule has 0 spiro atoms. The first-order valence-electron chi connectivity index (χ1n) is 6.12. The number of carboxylic acid groups (broad SMARTS) is 1. The van der Waals surface area contributed by atoms with Crippen molar-refractivity contribution in [2.24, 2.45) is 11.3 Å². The molecule has 0 bridgehead atoms. The molecule has 1 aliphatic rings. The average molecular weight is 252 g/mol. The van der Waals surface area contributed by atoms with E-state index in [0.29, 0.717) is 12.5 Å². The number of hydrogen-bond donors (Lipinski definition) is 3. The third kappa shape index (κ3) is 3.66. The van der Waals surface area contributed by atoms with Gasteiger partial charge in [-0.3, -0.25) is 0 Å². The summed E-state index contributed by atoms with van der Waals surface area (Å²) >= 11 is 0. The lowest BCUT2D eigenvalue weighted by molar-refractivity contribution is -0.139. The van der Waals surface area contributed by atoms with Gasteiger partial charge in [-0.1, -0.05) is 13.8 Å². The van der Waals surface area contributed by atoms with Crippen LogP contribution in [-0.2, 0) is 4.79 Å². The maximum absolute atomic E-state index is 11.6. The number of amides is 2. The molecule has 18 heavy (non-hydrogen) atoms. The second-order valence-corrected chi connectivity index (χ2v) is 5.14. The number of urea groups is 1. The first kappa shape index (κ1) is 14.4. The van der Waals surface area contributed by atoms with Crippen LogP contribution in [0.4, 0.5) is 4.79 Å². The van der Waals surface area contributed by atoms with Crippen LogP contribution in [0.2, 0.25) is 0 Å². The van der Waals surface area contributed by atoms with Gasteiger partial charge >= 0.3 is 12.0 Å². The Bertz CT molecular complexity index is 367. The lowest BCUT2D eigenvalue weighted by Crippen LogP contribution is -2.47. The molecular weight excluding hydrogens is 232 g/mol. The van der Waals surface area contributed by atoms with Crippen molar-refractivity contribution in [1.29, 1.82) is 0 Å². The van der Waals surface area contributed by atoms with Crippen LogP contribution in [0, 0.1) is 23.7 Å². The summed E-state index contributed by atoms with van der Waals surface area (Å²) in [6, 6.07) is -1.49. The fraction of sp³-hybridized carbons (Fsp3) is 0.692. The molecule has 2 amide bonds. The lowest BCUT2D eigenvalue weighted by Gasteiger charge is -2.21. The monoisotopic (exact) mass is 252 g/mol. The Hall–Kier alpha value is -1.70. The molecule has 0 aromatic heterocycles. The Morgan fingerprint density at radius 3 is 2.44 bits per heavy atom. The summed E-state index contributed by atoms with van der Waals surface area (Å²) < 4.78 is 0. The molecule has 0 heterocycles. The Labute approximate surface area is 107 Å². The molecule has 1 atom stereocenters. The van der Waals surface area contributed by atoms with Crippen molar-refractivity contribution < 1.29 is 14.7 Å². The van der Waals surface area contributed by atoms with Crippen molar-refractivity contribution in [1.82, 2.24) is 10.6 Å². The molecule has 5 nitrogen and oxygen atoms in total. The van der Waals surface area contributed by atoms with E-state index in [9.17, 15) is 9.59 Å².